The van der Waals surface area contributed by atoms with Crippen molar-refractivity contribution in [3.8, 4) is 0 Å². The Morgan fingerprint density at radius 2 is 1.62 bits per heavy atom. The molecule has 4 aliphatic carbocycles. The highest BCUT2D eigenvalue weighted by Gasteiger charge is 2.67. The highest BCUT2D eigenvalue weighted by molar-refractivity contribution is 6.10. The van der Waals surface area contributed by atoms with E-state index in [1.807, 2.05) is 0 Å². The normalized spacial score (nSPS) is 37.4. The quantitative estimate of drug-likeness (QED) is 0.668. The number of hydrogen-bond acceptors (Lipinski definition) is 3. The molecular weight excluding hydrogens is 335 g/mol. The molecule has 134 valence electrons. The molecule has 3 fully saturated rings. The average Bonchev–Trinajstić information content (AvgIpc) is 3.41. The Labute approximate surface area is 150 Å². The first-order valence-corrected chi connectivity index (χ1v) is 9.09. The van der Waals surface area contributed by atoms with E-state index in [0.29, 0.717) is 17.5 Å². The van der Waals surface area contributed by atoms with Gasteiger partial charge in [-0.15, -0.1) is 0 Å². The number of likely N-dealkylation sites (tertiary alicyclic amines) is 1. The van der Waals surface area contributed by atoms with E-state index in [2.05, 4.69) is 17.5 Å². The van der Waals surface area contributed by atoms with Gasteiger partial charge in [0, 0.05) is 5.69 Å². The lowest BCUT2D eigenvalue weighted by Gasteiger charge is -2.37. The van der Waals surface area contributed by atoms with Gasteiger partial charge in [-0.3, -0.25) is 19.3 Å². The van der Waals surface area contributed by atoms with Crippen molar-refractivity contribution in [3.05, 3.63) is 42.2 Å². The number of nitrogens with zero attached hydrogens (tertiary/aromatic N) is 1. The Kier molecular flexibility index (Phi) is 3.18. The smallest absolute Gasteiger partial charge is 0.247 e. The van der Waals surface area contributed by atoms with Crippen molar-refractivity contribution in [1.82, 2.24) is 4.90 Å². The average molecular weight is 354 g/mol. The van der Waals surface area contributed by atoms with Crippen LogP contribution in [-0.2, 0) is 14.4 Å². The standard InChI is InChI=1S/C20H19FN2O3/c1-9(18(24)22-11-4-2-10(21)3-5-11)23-19(25)16-12-6-7-13(15-8-14(12)15)17(16)20(23)26/h2-7,9,12-17H,8H2,1H3,(H,22,24)/t9-,12+,13+,14-,15+,16-,17-/m1/s1. The van der Waals surface area contributed by atoms with Crippen molar-refractivity contribution in [2.24, 2.45) is 35.5 Å². The van der Waals surface area contributed by atoms with Gasteiger partial charge in [-0.25, -0.2) is 4.39 Å². The van der Waals surface area contributed by atoms with Crippen LogP contribution in [0.1, 0.15) is 13.3 Å². The SMILES string of the molecule is C[C@H](C(=O)Nc1ccc(F)cc1)N1C(=O)[C@@H]2[C@H]3C=C[C@@H]([C@@H]4C[C@H]34)[C@H]2C1=O. The predicted molar refractivity (Wildman–Crippen MR) is 91.0 cm³/mol. The first kappa shape index (κ1) is 15.7. The van der Waals surface area contributed by atoms with Gasteiger partial charge < -0.3 is 5.32 Å². The molecule has 1 aromatic carbocycles. The Balaban J connectivity index is 1.37. The predicted octanol–water partition coefficient (Wildman–Crippen LogP) is 2.21. The summed E-state index contributed by atoms with van der Waals surface area (Å²) in [4.78, 5) is 39.7. The van der Waals surface area contributed by atoms with Crippen molar-refractivity contribution in [2.75, 3.05) is 5.32 Å². The van der Waals surface area contributed by atoms with Crippen LogP contribution in [0.4, 0.5) is 10.1 Å². The van der Waals surface area contributed by atoms with Gasteiger partial charge in [-0.2, -0.15) is 0 Å². The molecule has 3 amide bonds. The van der Waals surface area contributed by atoms with Crippen LogP contribution in [-0.4, -0.2) is 28.7 Å². The summed E-state index contributed by atoms with van der Waals surface area (Å²) in [5.41, 5.74) is 0.433. The first-order valence-electron chi connectivity index (χ1n) is 9.09. The maximum atomic E-state index is 13.0. The Bertz CT molecular complexity index is 813. The third kappa shape index (κ3) is 2.04. The van der Waals surface area contributed by atoms with Crippen LogP contribution in [0.25, 0.3) is 0 Å². The highest BCUT2D eigenvalue weighted by atomic mass is 19.1. The number of nitrogens with one attached hydrogen (secondary N) is 1. The molecule has 1 aliphatic heterocycles. The number of amides is 3. The fourth-order valence-corrected chi connectivity index (χ4v) is 5.26. The van der Waals surface area contributed by atoms with Gasteiger partial charge in [0.1, 0.15) is 11.9 Å². The zero-order valence-corrected chi connectivity index (χ0v) is 14.3. The van der Waals surface area contributed by atoms with Gasteiger partial charge in [0.2, 0.25) is 17.7 Å². The molecule has 1 aromatic rings. The van der Waals surface area contributed by atoms with Crippen LogP contribution in [0.3, 0.4) is 0 Å². The lowest BCUT2D eigenvalue weighted by Crippen LogP contribution is -2.46. The molecule has 6 heteroatoms. The van der Waals surface area contributed by atoms with Gasteiger partial charge in [0.15, 0.2) is 0 Å². The third-order valence-electron chi connectivity index (χ3n) is 6.58. The lowest BCUT2D eigenvalue weighted by atomic mass is 9.63. The molecule has 0 radical (unpaired) electrons. The first-order chi connectivity index (χ1) is 12.5. The third-order valence-corrected chi connectivity index (χ3v) is 6.58. The van der Waals surface area contributed by atoms with Crippen molar-refractivity contribution < 1.29 is 18.8 Å². The molecule has 26 heavy (non-hydrogen) atoms. The maximum Gasteiger partial charge on any atom is 0.247 e. The van der Waals surface area contributed by atoms with Crippen LogP contribution in [0.2, 0.25) is 0 Å². The van der Waals surface area contributed by atoms with E-state index in [-0.39, 0.29) is 35.5 Å². The number of allylic oxidation sites excluding steroid dienone is 2. The van der Waals surface area contributed by atoms with Crippen LogP contribution in [0.15, 0.2) is 36.4 Å². The van der Waals surface area contributed by atoms with E-state index in [0.717, 1.165) is 11.3 Å². The summed E-state index contributed by atoms with van der Waals surface area (Å²) >= 11 is 0. The second kappa shape index (κ2) is 5.25. The van der Waals surface area contributed by atoms with Gasteiger partial charge in [-0.05, 0) is 61.3 Å². The zero-order valence-electron chi connectivity index (χ0n) is 14.3. The molecule has 1 N–H and O–H groups in total. The molecule has 2 saturated carbocycles. The molecule has 0 unspecified atom stereocenters. The molecule has 0 spiro atoms. The molecular formula is C20H19FN2O3. The summed E-state index contributed by atoms with van der Waals surface area (Å²) in [7, 11) is 0. The Morgan fingerprint density at radius 1 is 1.08 bits per heavy atom. The molecule has 5 nitrogen and oxygen atoms in total. The maximum absolute atomic E-state index is 13.0. The van der Waals surface area contributed by atoms with Crippen LogP contribution in [0.5, 0.6) is 0 Å². The van der Waals surface area contributed by atoms with Gasteiger partial charge in [0.25, 0.3) is 0 Å². The largest absolute Gasteiger partial charge is 0.324 e. The molecule has 0 aromatic heterocycles. The Hall–Kier alpha value is -2.50. The van der Waals surface area contributed by atoms with E-state index in [4.69, 9.17) is 0 Å². The van der Waals surface area contributed by atoms with E-state index in [9.17, 15) is 18.8 Å². The molecule has 2 bridgehead atoms. The minimum atomic E-state index is -0.888. The van der Waals surface area contributed by atoms with Crippen molar-refractivity contribution >= 4 is 23.4 Å². The summed E-state index contributed by atoms with van der Waals surface area (Å²) in [6, 6.07) is 4.50. The topological polar surface area (TPSA) is 66.5 Å². The van der Waals surface area contributed by atoms with E-state index in [1.54, 1.807) is 6.92 Å². The fourth-order valence-electron chi connectivity index (χ4n) is 5.26. The number of imide groups is 1. The van der Waals surface area contributed by atoms with Gasteiger partial charge in [-0.1, -0.05) is 12.2 Å². The van der Waals surface area contributed by atoms with Crippen LogP contribution in [0, 0.1) is 41.3 Å². The number of carbonyl (C=O) groups excluding carboxylic acids is 3. The van der Waals surface area contributed by atoms with Crippen molar-refractivity contribution in [1.29, 1.82) is 0 Å². The zero-order chi connectivity index (χ0) is 18.2. The molecule has 5 aliphatic rings. The number of anilines is 1. The second-order valence-electron chi connectivity index (χ2n) is 7.87. The van der Waals surface area contributed by atoms with Gasteiger partial charge >= 0.3 is 0 Å². The monoisotopic (exact) mass is 354 g/mol. The Morgan fingerprint density at radius 3 is 2.15 bits per heavy atom. The molecule has 1 heterocycles. The number of rotatable bonds is 3. The van der Waals surface area contributed by atoms with E-state index in [1.165, 1.54) is 24.3 Å². The van der Waals surface area contributed by atoms with Crippen molar-refractivity contribution in [3.63, 3.8) is 0 Å². The number of carbonyl (C=O) groups is 3. The summed E-state index contributed by atoms with van der Waals surface area (Å²) in [6.07, 6.45) is 5.33. The highest BCUT2D eigenvalue weighted by Crippen LogP contribution is 2.65. The van der Waals surface area contributed by atoms with Crippen LogP contribution >= 0.6 is 0 Å². The number of benzene rings is 1. The summed E-state index contributed by atoms with van der Waals surface area (Å²) in [6.45, 7) is 1.57. The minimum absolute atomic E-state index is 0.142. The lowest BCUT2D eigenvalue weighted by molar-refractivity contribution is -0.146. The number of halogens is 1. The number of hydrogen-bond donors (Lipinski definition) is 1. The van der Waals surface area contributed by atoms with Gasteiger partial charge in [0.05, 0.1) is 11.8 Å². The summed E-state index contributed by atoms with van der Waals surface area (Å²) < 4.78 is 13.0. The summed E-state index contributed by atoms with van der Waals surface area (Å²) in [5, 5.41) is 2.66. The van der Waals surface area contributed by atoms with E-state index < -0.39 is 17.8 Å². The minimum Gasteiger partial charge on any atom is -0.324 e. The fraction of sp³-hybridized carbons (Fsp3) is 0.450. The molecule has 1 saturated heterocycles. The van der Waals surface area contributed by atoms with Crippen molar-refractivity contribution in [2.45, 2.75) is 19.4 Å². The molecule has 6 rings (SSSR count). The second-order valence-corrected chi connectivity index (χ2v) is 7.87. The van der Waals surface area contributed by atoms with Crippen LogP contribution < -0.4 is 5.32 Å². The molecule has 7 atom stereocenters. The summed E-state index contributed by atoms with van der Waals surface area (Å²) in [5.74, 6) is -0.526. The van der Waals surface area contributed by atoms with E-state index >= 15 is 0 Å².